The van der Waals surface area contributed by atoms with Gasteiger partial charge in [0.25, 0.3) is 0 Å². The van der Waals surface area contributed by atoms with Crippen LogP contribution in [0.4, 0.5) is 20.7 Å². The van der Waals surface area contributed by atoms with Crippen LogP contribution in [0.15, 0.2) is 30.3 Å². The van der Waals surface area contributed by atoms with Crippen molar-refractivity contribution >= 4 is 17.5 Å². The first-order chi connectivity index (χ1) is 13.1. The van der Waals surface area contributed by atoms with Crippen molar-refractivity contribution in [3.05, 3.63) is 47.4 Å². The number of rotatable bonds is 3. The van der Waals surface area contributed by atoms with Gasteiger partial charge in [0.2, 0.25) is 0 Å². The SMILES string of the molecule is N#Cc1ccc(N2CCN(C(=O)Nc3ccc(C4CC4)c(F)c3)CC2)nn1. The Morgan fingerprint density at radius 2 is 1.93 bits per heavy atom. The predicted octanol–water partition coefficient (Wildman–Crippen LogP) is 2.72. The Morgan fingerprint density at radius 3 is 2.52 bits per heavy atom. The van der Waals surface area contributed by atoms with Crippen LogP contribution in [0.25, 0.3) is 0 Å². The van der Waals surface area contributed by atoms with E-state index in [0.717, 1.165) is 18.4 Å². The summed E-state index contributed by atoms with van der Waals surface area (Å²) in [6.07, 6.45) is 2.08. The van der Waals surface area contributed by atoms with E-state index in [4.69, 9.17) is 5.26 Å². The van der Waals surface area contributed by atoms with Gasteiger partial charge < -0.3 is 15.1 Å². The van der Waals surface area contributed by atoms with Crippen molar-refractivity contribution in [1.82, 2.24) is 15.1 Å². The number of carbonyl (C=O) groups is 1. The van der Waals surface area contributed by atoms with Crippen LogP contribution in [-0.2, 0) is 0 Å². The standard InChI is InChI=1S/C19H19FN6O/c20-17-11-14(3-5-16(17)13-1-2-13)22-19(27)26-9-7-25(8-10-26)18-6-4-15(12-21)23-24-18/h3-6,11,13H,1-2,7-10H2,(H,22,27). The fourth-order valence-electron chi connectivity index (χ4n) is 3.23. The maximum absolute atomic E-state index is 14.1. The van der Waals surface area contributed by atoms with E-state index >= 15 is 0 Å². The number of carbonyl (C=O) groups excluding carboxylic acids is 1. The van der Waals surface area contributed by atoms with Crippen LogP contribution in [0.2, 0.25) is 0 Å². The highest BCUT2D eigenvalue weighted by Crippen LogP contribution is 2.41. The molecule has 4 rings (SSSR count). The molecule has 27 heavy (non-hydrogen) atoms. The summed E-state index contributed by atoms with van der Waals surface area (Å²) in [5.74, 6) is 0.777. The number of piperazine rings is 1. The van der Waals surface area contributed by atoms with E-state index in [1.54, 1.807) is 29.2 Å². The van der Waals surface area contributed by atoms with Crippen molar-refractivity contribution in [3.8, 4) is 6.07 Å². The molecular formula is C19H19FN6O. The van der Waals surface area contributed by atoms with Gasteiger partial charge in [0.15, 0.2) is 11.5 Å². The van der Waals surface area contributed by atoms with Crippen LogP contribution >= 0.6 is 0 Å². The van der Waals surface area contributed by atoms with Gasteiger partial charge in [-0.3, -0.25) is 0 Å². The Labute approximate surface area is 156 Å². The number of hydrogen-bond acceptors (Lipinski definition) is 5. The monoisotopic (exact) mass is 366 g/mol. The second-order valence-corrected chi connectivity index (χ2v) is 6.80. The number of nitriles is 1. The lowest BCUT2D eigenvalue weighted by atomic mass is 10.1. The quantitative estimate of drug-likeness (QED) is 0.903. The summed E-state index contributed by atoms with van der Waals surface area (Å²) >= 11 is 0. The maximum atomic E-state index is 14.1. The Kier molecular flexibility index (Phi) is 4.59. The van der Waals surface area contributed by atoms with Crippen molar-refractivity contribution < 1.29 is 9.18 Å². The summed E-state index contributed by atoms with van der Waals surface area (Å²) in [4.78, 5) is 16.2. The van der Waals surface area contributed by atoms with Gasteiger partial charge in [-0.2, -0.15) is 5.26 Å². The zero-order chi connectivity index (χ0) is 18.8. The molecule has 1 aromatic carbocycles. The van der Waals surface area contributed by atoms with E-state index in [1.807, 2.05) is 11.0 Å². The topological polar surface area (TPSA) is 85.2 Å². The summed E-state index contributed by atoms with van der Waals surface area (Å²) in [5.41, 5.74) is 1.49. The average Bonchev–Trinajstić information content (AvgIpc) is 3.53. The van der Waals surface area contributed by atoms with Gasteiger partial charge in [0.1, 0.15) is 11.9 Å². The van der Waals surface area contributed by atoms with Gasteiger partial charge in [-0.15, -0.1) is 10.2 Å². The highest BCUT2D eigenvalue weighted by atomic mass is 19.1. The van der Waals surface area contributed by atoms with Gasteiger partial charge in [0.05, 0.1) is 0 Å². The Morgan fingerprint density at radius 1 is 1.15 bits per heavy atom. The molecule has 2 heterocycles. The van der Waals surface area contributed by atoms with Crippen molar-refractivity contribution in [2.24, 2.45) is 0 Å². The second-order valence-electron chi connectivity index (χ2n) is 6.80. The molecule has 2 aliphatic rings. The normalized spacial score (nSPS) is 16.7. The Balaban J connectivity index is 1.33. The molecule has 2 amide bonds. The first-order valence-corrected chi connectivity index (χ1v) is 8.98. The van der Waals surface area contributed by atoms with Gasteiger partial charge in [-0.1, -0.05) is 6.07 Å². The minimum absolute atomic E-state index is 0.237. The van der Waals surface area contributed by atoms with Gasteiger partial charge in [-0.25, -0.2) is 9.18 Å². The maximum Gasteiger partial charge on any atom is 0.321 e. The van der Waals surface area contributed by atoms with Gasteiger partial charge >= 0.3 is 6.03 Å². The highest BCUT2D eigenvalue weighted by molar-refractivity contribution is 5.89. The molecule has 2 aromatic rings. The average molecular weight is 366 g/mol. The first-order valence-electron chi connectivity index (χ1n) is 8.98. The second kappa shape index (κ2) is 7.19. The van der Waals surface area contributed by atoms with Crippen LogP contribution in [0, 0.1) is 17.1 Å². The minimum atomic E-state index is -0.250. The van der Waals surface area contributed by atoms with E-state index in [-0.39, 0.29) is 17.5 Å². The molecule has 138 valence electrons. The summed E-state index contributed by atoms with van der Waals surface area (Å²) in [6, 6.07) is 10.0. The zero-order valence-corrected chi connectivity index (χ0v) is 14.7. The van der Waals surface area contributed by atoms with E-state index in [2.05, 4.69) is 15.5 Å². The van der Waals surface area contributed by atoms with E-state index in [1.165, 1.54) is 6.07 Å². The molecule has 0 atom stereocenters. The van der Waals surface area contributed by atoms with Crippen molar-refractivity contribution in [2.45, 2.75) is 18.8 Å². The molecule has 1 saturated heterocycles. The van der Waals surface area contributed by atoms with Crippen LogP contribution < -0.4 is 10.2 Å². The van der Waals surface area contributed by atoms with Crippen molar-refractivity contribution in [1.29, 1.82) is 5.26 Å². The molecule has 2 fully saturated rings. The lowest BCUT2D eigenvalue weighted by Crippen LogP contribution is -2.50. The molecule has 1 aliphatic heterocycles. The molecule has 8 heteroatoms. The largest absolute Gasteiger partial charge is 0.352 e. The fraction of sp³-hybridized carbons (Fsp3) is 0.368. The van der Waals surface area contributed by atoms with Crippen LogP contribution in [-0.4, -0.2) is 47.3 Å². The van der Waals surface area contributed by atoms with Crippen LogP contribution in [0.3, 0.4) is 0 Å². The number of halogens is 1. The van der Waals surface area contributed by atoms with E-state index in [9.17, 15) is 9.18 Å². The lowest BCUT2D eigenvalue weighted by Gasteiger charge is -2.35. The van der Waals surface area contributed by atoms with E-state index in [0.29, 0.717) is 43.6 Å². The summed E-state index contributed by atoms with van der Waals surface area (Å²) in [5, 5.41) is 19.4. The summed E-state index contributed by atoms with van der Waals surface area (Å²) in [6.45, 7) is 2.28. The molecule has 1 N–H and O–H groups in total. The molecule has 1 aliphatic carbocycles. The summed E-state index contributed by atoms with van der Waals surface area (Å²) in [7, 11) is 0. The van der Waals surface area contributed by atoms with Crippen molar-refractivity contribution in [3.63, 3.8) is 0 Å². The van der Waals surface area contributed by atoms with Crippen molar-refractivity contribution in [2.75, 3.05) is 36.4 Å². The fourth-order valence-corrected chi connectivity index (χ4v) is 3.23. The third kappa shape index (κ3) is 3.82. The third-order valence-electron chi connectivity index (χ3n) is 4.92. The Hall–Kier alpha value is -3.21. The first kappa shape index (κ1) is 17.2. The van der Waals surface area contributed by atoms with Gasteiger partial charge in [-0.05, 0) is 48.6 Å². The van der Waals surface area contributed by atoms with E-state index < -0.39 is 0 Å². The number of hydrogen-bond donors (Lipinski definition) is 1. The highest BCUT2D eigenvalue weighted by Gasteiger charge is 2.27. The molecule has 0 radical (unpaired) electrons. The minimum Gasteiger partial charge on any atom is -0.352 e. The molecule has 0 bridgehead atoms. The molecule has 0 spiro atoms. The van der Waals surface area contributed by atoms with Crippen LogP contribution in [0.1, 0.15) is 30.0 Å². The number of benzene rings is 1. The number of amides is 2. The number of nitrogens with one attached hydrogen (secondary N) is 1. The zero-order valence-electron chi connectivity index (χ0n) is 14.7. The Bertz CT molecular complexity index is 882. The molecule has 1 saturated carbocycles. The number of anilines is 2. The predicted molar refractivity (Wildman–Crippen MR) is 97.9 cm³/mol. The number of nitrogens with zero attached hydrogens (tertiary/aromatic N) is 5. The molecule has 7 nitrogen and oxygen atoms in total. The summed E-state index contributed by atoms with van der Waals surface area (Å²) < 4.78 is 14.1. The van der Waals surface area contributed by atoms with Crippen LogP contribution in [0.5, 0.6) is 0 Å². The molecule has 1 aromatic heterocycles. The van der Waals surface area contributed by atoms with Gasteiger partial charge in [0, 0.05) is 31.9 Å². The molecular weight excluding hydrogens is 347 g/mol. The molecule has 0 unspecified atom stereocenters. The third-order valence-corrected chi connectivity index (χ3v) is 4.92. The smallest absolute Gasteiger partial charge is 0.321 e. The number of urea groups is 1. The lowest BCUT2D eigenvalue weighted by molar-refractivity contribution is 0.208. The number of aromatic nitrogens is 2.